The summed E-state index contributed by atoms with van der Waals surface area (Å²) in [6, 6.07) is 29.2. The highest BCUT2D eigenvalue weighted by atomic mass is 16.1. The SMILES string of the molecule is O=C(Nc1ccc(-c2cc(NCCCc3ccccc3)ncn2)cc1)c1ccccc1. The number of nitrogens with one attached hydrogen (secondary N) is 2. The molecule has 5 heteroatoms. The van der Waals surface area contributed by atoms with E-state index < -0.39 is 0 Å². The van der Waals surface area contributed by atoms with Crippen molar-refractivity contribution in [1.29, 1.82) is 0 Å². The number of carbonyl (C=O) groups is 1. The van der Waals surface area contributed by atoms with Crippen molar-refractivity contribution in [3.8, 4) is 11.3 Å². The standard InChI is InChI=1S/C26H24N4O/c31-26(22-11-5-2-6-12-22)30-23-15-13-21(14-16-23)24-18-25(29-19-28-24)27-17-7-10-20-8-3-1-4-9-20/h1-6,8-9,11-16,18-19H,7,10,17H2,(H,30,31)(H,27,28,29). The van der Waals surface area contributed by atoms with Gasteiger partial charge in [0.05, 0.1) is 5.69 Å². The number of hydrogen-bond donors (Lipinski definition) is 2. The number of amides is 1. The molecule has 3 aromatic carbocycles. The van der Waals surface area contributed by atoms with Crippen LogP contribution in [0.3, 0.4) is 0 Å². The molecule has 31 heavy (non-hydrogen) atoms. The van der Waals surface area contributed by atoms with Gasteiger partial charge in [0.15, 0.2) is 0 Å². The van der Waals surface area contributed by atoms with Crippen LogP contribution in [0.5, 0.6) is 0 Å². The number of benzene rings is 3. The zero-order chi connectivity index (χ0) is 21.3. The number of hydrogen-bond acceptors (Lipinski definition) is 4. The average molecular weight is 409 g/mol. The maximum Gasteiger partial charge on any atom is 0.255 e. The highest BCUT2D eigenvalue weighted by Crippen LogP contribution is 2.21. The summed E-state index contributed by atoms with van der Waals surface area (Å²) in [6.07, 6.45) is 3.63. The molecule has 0 fully saturated rings. The molecule has 0 atom stereocenters. The molecule has 0 bridgehead atoms. The molecule has 4 rings (SSSR count). The van der Waals surface area contributed by atoms with Gasteiger partial charge in [-0.15, -0.1) is 0 Å². The molecule has 0 spiro atoms. The van der Waals surface area contributed by atoms with Gasteiger partial charge in [-0.2, -0.15) is 0 Å². The van der Waals surface area contributed by atoms with Crippen LogP contribution in [0, 0.1) is 0 Å². The molecule has 154 valence electrons. The minimum absolute atomic E-state index is 0.127. The van der Waals surface area contributed by atoms with E-state index in [2.05, 4.69) is 44.9 Å². The second kappa shape index (κ2) is 10.2. The monoisotopic (exact) mass is 408 g/mol. The Morgan fingerprint density at radius 2 is 1.52 bits per heavy atom. The number of nitrogens with zero attached hydrogens (tertiary/aromatic N) is 2. The van der Waals surface area contributed by atoms with E-state index in [0.29, 0.717) is 5.56 Å². The normalized spacial score (nSPS) is 10.5. The summed E-state index contributed by atoms with van der Waals surface area (Å²) in [4.78, 5) is 21.0. The van der Waals surface area contributed by atoms with Crippen molar-refractivity contribution in [3.63, 3.8) is 0 Å². The van der Waals surface area contributed by atoms with E-state index in [0.717, 1.165) is 42.1 Å². The maximum absolute atomic E-state index is 12.3. The third-order valence-electron chi connectivity index (χ3n) is 4.93. The van der Waals surface area contributed by atoms with Crippen molar-refractivity contribution in [2.45, 2.75) is 12.8 Å². The van der Waals surface area contributed by atoms with E-state index in [1.165, 1.54) is 5.56 Å². The van der Waals surface area contributed by atoms with Crippen LogP contribution in [0.15, 0.2) is 97.3 Å². The van der Waals surface area contributed by atoms with E-state index in [-0.39, 0.29) is 5.91 Å². The van der Waals surface area contributed by atoms with Gasteiger partial charge in [-0.05, 0) is 42.7 Å². The zero-order valence-electron chi connectivity index (χ0n) is 17.2. The maximum atomic E-state index is 12.3. The molecular weight excluding hydrogens is 384 g/mol. The number of anilines is 2. The molecule has 0 aliphatic heterocycles. The lowest BCUT2D eigenvalue weighted by Crippen LogP contribution is -2.11. The van der Waals surface area contributed by atoms with Crippen LogP contribution in [0.25, 0.3) is 11.3 Å². The molecule has 5 nitrogen and oxygen atoms in total. The third kappa shape index (κ3) is 5.76. The second-order valence-electron chi connectivity index (χ2n) is 7.20. The largest absolute Gasteiger partial charge is 0.370 e. The van der Waals surface area contributed by atoms with Gasteiger partial charge in [-0.25, -0.2) is 9.97 Å². The summed E-state index contributed by atoms with van der Waals surface area (Å²) < 4.78 is 0. The number of aryl methyl sites for hydroxylation is 1. The Morgan fingerprint density at radius 3 is 2.26 bits per heavy atom. The number of carbonyl (C=O) groups excluding carboxylic acids is 1. The van der Waals surface area contributed by atoms with E-state index in [9.17, 15) is 4.79 Å². The molecule has 1 amide bonds. The van der Waals surface area contributed by atoms with Crippen LogP contribution in [-0.4, -0.2) is 22.4 Å². The lowest BCUT2D eigenvalue weighted by Gasteiger charge is -2.09. The van der Waals surface area contributed by atoms with Crippen molar-refractivity contribution < 1.29 is 4.79 Å². The molecule has 0 saturated carbocycles. The van der Waals surface area contributed by atoms with Gasteiger partial charge in [0.1, 0.15) is 12.1 Å². The van der Waals surface area contributed by atoms with Crippen LogP contribution in [0.1, 0.15) is 22.3 Å². The van der Waals surface area contributed by atoms with Gasteiger partial charge >= 0.3 is 0 Å². The smallest absolute Gasteiger partial charge is 0.255 e. The van der Waals surface area contributed by atoms with Gasteiger partial charge in [-0.1, -0.05) is 60.7 Å². The van der Waals surface area contributed by atoms with Gasteiger partial charge in [0.25, 0.3) is 5.91 Å². The molecule has 0 saturated heterocycles. The van der Waals surface area contributed by atoms with Crippen LogP contribution in [0.4, 0.5) is 11.5 Å². The molecule has 1 heterocycles. The molecule has 0 radical (unpaired) electrons. The summed E-state index contributed by atoms with van der Waals surface area (Å²) in [5.41, 5.74) is 4.51. The summed E-state index contributed by atoms with van der Waals surface area (Å²) in [5.74, 6) is 0.678. The van der Waals surface area contributed by atoms with Crippen LogP contribution >= 0.6 is 0 Å². The Hall–Kier alpha value is -3.99. The summed E-state index contributed by atoms with van der Waals surface area (Å²) in [7, 11) is 0. The van der Waals surface area contributed by atoms with Crippen molar-refractivity contribution in [3.05, 3.63) is 108 Å². The highest BCUT2D eigenvalue weighted by molar-refractivity contribution is 6.04. The lowest BCUT2D eigenvalue weighted by molar-refractivity contribution is 0.102. The number of aromatic nitrogens is 2. The van der Waals surface area contributed by atoms with Crippen molar-refractivity contribution in [2.24, 2.45) is 0 Å². The van der Waals surface area contributed by atoms with E-state index in [1.54, 1.807) is 18.5 Å². The lowest BCUT2D eigenvalue weighted by atomic mass is 10.1. The highest BCUT2D eigenvalue weighted by Gasteiger charge is 2.06. The first kappa shape index (κ1) is 20.3. The molecule has 2 N–H and O–H groups in total. The Morgan fingerprint density at radius 1 is 0.806 bits per heavy atom. The van der Waals surface area contributed by atoms with Crippen LogP contribution in [-0.2, 0) is 6.42 Å². The number of rotatable bonds is 8. The van der Waals surface area contributed by atoms with E-state index in [1.807, 2.05) is 54.6 Å². The first-order valence-corrected chi connectivity index (χ1v) is 10.3. The minimum Gasteiger partial charge on any atom is -0.370 e. The summed E-state index contributed by atoms with van der Waals surface area (Å²) >= 11 is 0. The first-order chi connectivity index (χ1) is 15.3. The van der Waals surface area contributed by atoms with Crippen molar-refractivity contribution in [2.75, 3.05) is 17.2 Å². The van der Waals surface area contributed by atoms with E-state index >= 15 is 0 Å². The van der Waals surface area contributed by atoms with Crippen molar-refractivity contribution in [1.82, 2.24) is 9.97 Å². The Balaban J connectivity index is 1.33. The minimum atomic E-state index is -0.127. The Labute approximate surface area is 182 Å². The quantitative estimate of drug-likeness (QED) is 0.381. The van der Waals surface area contributed by atoms with Crippen LogP contribution < -0.4 is 10.6 Å². The predicted molar refractivity (Wildman–Crippen MR) is 125 cm³/mol. The second-order valence-corrected chi connectivity index (χ2v) is 7.20. The molecular formula is C26H24N4O. The average Bonchev–Trinajstić information content (AvgIpc) is 2.84. The summed E-state index contributed by atoms with van der Waals surface area (Å²) in [6.45, 7) is 0.843. The van der Waals surface area contributed by atoms with Gasteiger partial charge in [0.2, 0.25) is 0 Å². The molecule has 0 unspecified atom stereocenters. The molecule has 0 aliphatic rings. The van der Waals surface area contributed by atoms with Crippen LogP contribution in [0.2, 0.25) is 0 Å². The van der Waals surface area contributed by atoms with Gasteiger partial charge in [0, 0.05) is 29.4 Å². The van der Waals surface area contributed by atoms with Gasteiger partial charge < -0.3 is 10.6 Å². The van der Waals surface area contributed by atoms with E-state index in [4.69, 9.17) is 0 Å². The first-order valence-electron chi connectivity index (χ1n) is 10.3. The third-order valence-corrected chi connectivity index (χ3v) is 4.93. The zero-order valence-corrected chi connectivity index (χ0v) is 17.2. The van der Waals surface area contributed by atoms with Crippen molar-refractivity contribution >= 4 is 17.4 Å². The Bertz CT molecular complexity index is 1110. The Kier molecular flexibility index (Phi) is 6.65. The molecule has 4 aromatic rings. The summed E-state index contributed by atoms with van der Waals surface area (Å²) in [5, 5.41) is 6.28. The van der Waals surface area contributed by atoms with Gasteiger partial charge in [-0.3, -0.25) is 4.79 Å². The molecule has 1 aromatic heterocycles. The molecule has 0 aliphatic carbocycles. The fraction of sp³-hybridized carbons (Fsp3) is 0.115. The fourth-order valence-corrected chi connectivity index (χ4v) is 3.28. The predicted octanol–water partition coefficient (Wildman–Crippen LogP) is 5.44. The fourth-order valence-electron chi connectivity index (χ4n) is 3.28. The topological polar surface area (TPSA) is 66.9 Å².